The van der Waals surface area contributed by atoms with Crippen LogP contribution in [0.4, 0.5) is 0 Å². The fraction of sp³-hybridized carbons (Fsp3) is 0.263. The Hall–Kier alpha value is -2.54. The molecule has 0 bridgehead atoms. The van der Waals surface area contributed by atoms with E-state index in [2.05, 4.69) is 21.2 Å². The zero-order chi connectivity index (χ0) is 19.1. The van der Waals surface area contributed by atoms with Crippen molar-refractivity contribution in [3.8, 4) is 11.5 Å². The van der Waals surface area contributed by atoms with Crippen LogP contribution in [-0.4, -0.2) is 30.7 Å². The average molecular weight is 422 g/mol. The van der Waals surface area contributed by atoms with Crippen molar-refractivity contribution < 1.29 is 24.2 Å². The van der Waals surface area contributed by atoms with Crippen LogP contribution in [0.25, 0.3) is 0 Å². The summed E-state index contributed by atoms with van der Waals surface area (Å²) in [7, 11) is 1.51. The molecule has 0 aliphatic rings. The molecule has 2 aromatic carbocycles. The Morgan fingerprint density at radius 3 is 2.54 bits per heavy atom. The Morgan fingerprint density at radius 1 is 1.19 bits per heavy atom. The third-order valence-corrected chi connectivity index (χ3v) is 4.38. The lowest BCUT2D eigenvalue weighted by molar-refractivity contribution is -0.137. The highest BCUT2D eigenvalue weighted by molar-refractivity contribution is 9.10. The number of hydrogen-bond acceptors (Lipinski definition) is 4. The van der Waals surface area contributed by atoms with Gasteiger partial charge in [-0.1, -0.05) is 18.2 Å². The molecule has 0 aliphatic carbocycles. The first-order chi connectivity index (χ1) is 12.5. The molecule has 0 saturated heterocycles. The highest BCUT2D eigenvalue weighted by Crippen LogP contribution is 2.31. The Labute approximate surface area is 160 Å². The highest BCUT2D eigenvalue weighted by atomic mass is 79.9. The first-order valence-corrected chi connectivity index (χ1v) is 8.83. The number of aliphatic carboxylic acids is 1. The van der Waals surface area contributed by atoms with Crippen molar-refractivity contribution in [3.63, 3.8) is 0 Å². The molecule has 138 valence electrons. The summed E-state index contributed by atoms with van der Waals surface area (Å²) in [5, 5.41) is 12.0. The van der Waals surface area contributed by atoms with Gasteiger partial charge in [0.05, 0.1) is 31.7 Å². The first-order valence-electron chi connectivity index (χ1n) is 8.04. The molecule has 6 nitrogen and oxygen atoms in total. The summed E-state index contributed by atoms with van der Waals surface area (Å²) in [5.74, 6) is -0.341. The van der Waals surface area contributed by atoms with E-state index < -0.39 is 12.0 Å². The third kappa shape index (κ3) is 4.98. The Kier molecular flexibility index (Phi) is 7.03. The maximum absolute atomic E-state index is 12.6. The number of carbonyl (C=O) groups is 2. The van der Waals surface area contributed by atoms with Crippen molar-refractivity contribution >= 4 is 27.8 Å². The van der Waals surface area contributed by atoms with Crippen LogP contribution in [0, 0.1) is 0 Å². The van der Waals surface area contributed by atoms with Gasteiger partial charge in [-0.25, -0.2) is 0 Å². The summed E-state index contributed by atoms with van der Waals surface area (Å²) < 4.78 is 11.4. The van der Waals surface area contributed by atoms with E-state index in [1.807, 2.05) is 6.92 Å². The number of carboxylic acid groups (broad SMARTS) is 1. The average Bonchev–Trinajstić information content (AvgIpc) is 2.61. The molecule has 1 amide bonds. The van der Waals surface area contributed by atoms with Gasteiger partial charge in [0.1, 0.15) is 0 Å². The van der Waals surface area contributed by atoms with Crippen LogP contribution in [-0.2, 0) is 4.79 Å². The molecule has 0 aliphatic heterocycles. The van der Waals surface area contributed by atoms with E-state index in [1.54, 1.807) is 42.5 Å². The van der Waals surface area contributed by atoms with E-state index in [9.17, 15) is 14.7 Å². The first kappa shape index (κ1) is 19.8. The molecule has 2 N–H and O–H groups in total. The Bertz CT molecular complexity index is 793. The molecule has 1 atom stereocenters. The molecule has 2 aromatic rings. The van der Waals surface area contributed by atoms with Gasteiger partial charge in [-0.05, 0) is 52.7 Å². The SMILES string of the molecule is CCOc1ccc(C(CC(=O)O)NC(=O)c2ccccc2Br)cc1OC. The summed E-state index contributed by atoms with van der Waals surface area (Å²) in [6, 6.07) is 11.4. The van der Waals surface area contributed by atoms with E-state index in [0.717, 1.165) is 0 Å². The smallest absolute Gasteiger partial charge is 0.305 e. The second kappa shape index (κ2) is 9.24. The lowest BCUT2D eigenvalue weighted by atomic mass is 10.0. The minimum absolute atomic E-state index is 0.257. The summed E-state index contributed by atoms with van der Waals surface area (Å²) in [5.41, 5.74) is 1.05. The largest absolute Gasteiger partial charge is 0.493 e. The van der Waals surface area contributed by atoms with Gasteiger partial charge in [0.2, 0.25) is 0 Å². The number of ether oxygens (including phenoxy) is 2. The van der Waals surface area contributed by atoms with Crippen LogP contribution in [0.3, 0.4) is 0 Å². The van der Waals surface area contributed by atoms with Crippen molar-refractivity contribution in [1.29, 1.82) is 0 Å². The summed E-state index contributed by atoms with van der Waals surface area (Å²) in [6.07, 6.45) is -0.257. The minimum atomic E-state index is -1.02. The maximum atomic E-state index is 12.6. The number of methoxy groups -OCH3 is 1. The zero-order valence-corrected chi connectivity index (χ0v) is 16.1. The standard InChI is InChI=1S/C19H20BrNO5/c1-3-26-16-9-8-12(10-17(16)25-2)15(11-18(22)23)21-19(24)13-6-4-5-7-14(13)20/h4-10,15H,3,11H2,1-2H3,(H,21,24)(H,22,23). The topological polar surface area (TPSA) is 84.9 Å². The van der Waals surface area contributed by atoms with Crippen molar-refractivity contribution in [3.05, 3.63) is 58.1 Å². The van der Waals surface area contributed by atoms with Gasteiger partial charge >= 0.3 is 5.97 Å². The van der Waals surface area contributed by atoms with Crippen molar-refractivity contribution in [2.75, 3.05) is 13.7 Å². The van der Waals surface area contributed by atoms with Crippen molar-refractivity contribution in [2.24, 2.45) is 0 Å². The molecule has 0 heterocycles. The predicted molar refractivity (Wildman–Crippen MR) is 101 cm³/mol. The van der Waals surface area contributed by atoms with Gasteiger partial charge in [0.15, 0.2) is 11.5 Å². The lowest BCUT2D eigenvalue weighted by Crippen LogP contribution is -2.30. The lowest BCUT2D eigenvalue weighted by Gasteiger charge is -2.19. The third-order valence-electron chi connectivity index (χ3n) is 3.69. The van der Waals surface area contributed by atoms with E-state index in [-0.39, 0.29) is 12.3 Å². The molecule has 7 heteroatoms. The molecule has 0 radical (unpaired) electrons. The molecule has 26 heavy (non-hydrogen) atoms. The number of benzene rings is 2. The normalized spacial score (nSPS) is 11.5. The molecule has 2 rings (SSSR count). The van der Waals surface area contributed by atoms with Crippen molar-refractivity contribution in [1.82, 2.24) is 5.32 Å². The van der Waals surface area contributed by atoms with Crippen LogP contribution < -0.4 is 14.8 Å². The number of rotatable bonds is 8. The molecule has 0 saturated carbocycles. The van der Waals surface area contributed by atoms with Gasteiger partial charge in [-0.15, -0.1) is 0 Å². The van der Waals surface area contributed by atoms with E-state index in [0.29, 0.717) is 33.7 Å². The Balaban J connectivity index is 2.31. The van der Waals surface area contributed by atoms with Gasteiger partial charge in [0.25, 0.3) is 5.91 Å². The fourth-order valence-corrected chi connectivity index (χ4v) is 2.95. The quantitative estimate of drug-likeness (QED) is 0.676. The van der Waals surface area contributed by atoms with Gasteiger partial charge < -0.3 is 19.9 Å². The molecule has 1 unspecified atom stereocenters. The van der Waals surface area contributed by atoms with Crippen LogP contribution in [0.2, 0.25) is 0 Å². The van der Waals surface area contributed by atoms with Crippen LogP contribution in [0.5, 0.6) is 11.5 Å². The van der Waals surface area contributed by atoms with Gasteiger partial charge in [-0.3, -0.25) is 9.59 Å². The number of nitrogens with one attached hydrogen (secondary N) is 1. The fourth-order valence-electron chi connectivity index (χ4n) is 2.48. The molecule has 0 fully saturated rings. The van der Waals surface area contributed by atoms with E-state index in [1.165, 1.54) is 7.11 Å². The maximum Gasteiger partial charge on any atom is 0.305 e. The summed E-state index contributed by atoms with van der Waals surface area (Å²) >= 11 is 3.33. The number of hydrogen-bond donors (Lipinski definition) is 2. The van der Waals surface area contributed by atoms with Crippen molar-refractivity contribution in [2.45, 2.75) is 19.4 Å². The summed E-state index contributed by atoms with van der Waals surface area (Å²) in [6.45, 7) is 2.34. The predicted octanol–water partition coefficient (Wildman–Crippen LogP) is 3.80. The van der Waals surface area contributed by atoms with E-state index in [4.69, 9.17) is 9.47 Å². The zero-order valence-electron chi connectivity index (χ0n) is 14.5. The number of amides is 1. The summed E-state index contributed by atoms with van der Waals surface area (Å²) in [4.78, 5) is 23.8. The molecule has 0 spiro atoms. The van der Waals surface area contributed by atoms with Crippen LogP contribution >= 0.6 is 15.9 Å². The number of halogens is 1. The second-order valence-corrected chi connectivity index (χ2v) is 6.30. The van der Waals surface area contributed by atoms with Crippen LogP contribution in [0.15, 0.2) is 46.9 Å². The van der Waals surface area contributed by atoms with Gasteiger partial charge in [0, 0.05) is 4.47 Å². The van der Waals surface area contributed by atoms with Gasteiger partial charge in [-0.2, -0.15) is 0 Å². The number of carbonyl (C=O) groups excluding carboxylic acids is 1. The monoisotopic (exact) mass is 421 g/mol. The molecular formula is C19H20BrNO5. The highest BCUT2D eigenvalue weighted by Gasteiger charge is 2.21. The Morgan fingerprint density at radius 2 is 1.92 bits per heavy atom. The molecular weight excluding hydrogens is 402 g/mol. The minimum Gasteiger partial charge on any atom is -0.493 e. The second-order valence-electron chi connectivity index (χ2n) is 5.45. The van der Waals surface area contributed by atoms with E-state index >= 15 is 0 Å². The van der Waals surface area contributed by atoms with Crippen LogP contribution in [0.1, 0.15) is 35.3 Å². The molecule has 0 aromatic heterocycles. The number of carboxylic acids is 1.